The van der Waals surface area contributed by atoms with Crippen molar-refractivity contribution in [1.82, 2.24) is 0 Å². The van der Waals surface area contributed by atoms with Gasteiger partial charge in [0.05, 0.1) is 159 Å². The van der Waals surface area contributed by atoms with Crippen LogP contribution in [0.2, 0.25) is 0 Å². The molecule has 5 aliphatic heterocycles. The summed E-state index contributed by atoms with van der Waals surface area (Å²) in [6, 6.07) is 52.8. The SMILES string of the molecule is C1CCOC1.C1CCOC1.C1CCOC1.C1COCCOCCOCCOCCOCCO1.C1COCCOCCOCCOCCOCCO1.[Co].[K+].[K].c1cc[cH-]c1.c1ccc2cc3ccccc3cc2c1.c1ccc2cc3ccccc3cc2c1. The summed E-state index contributed by atoms with van der Waals surface area (Å²) in [7, 11) is 0. The molecule has 15 nitrogen and oxygen atoms in total. The average Bonchev–Trinajstić information content (AvgIpc) is 3.02. The van der Waals surface area contributed by atoms with Gasteiger partial charge in [-0.25, -0.2) is 12.1 Å². The van der Waals surface area contributed by atoms with Gasteiger partial charge in [-0.1, -0.05) is 97.1 Å². The molecule has 5 aliphatic rings. The van der Waals surface area contributed by atoms with Gasteiger partial charge in [0.25, 0.3) is 0 Å². The van der Waals surface area contributed by atoms with Crippen LogP contribution >= 0.6 is 0 Å². The fraction of sp³-hybridized carbons (Fsp3) is 0.522. The second-order valence-electron chi connectivity index (χ2n) is 19.4. The molecule has 87 heavy (non-hydrogen) atoms. The Hall–Kier alpha value is -1.11. The summed E-state index contributed by atoms with van der Waals surface area (Å²) in [6.45, 7) is 20.1. The minimum Gasteiger partial charge on any atom is -0.381 e. The molecule has 7 aromatic rings. The van der Waals surface area contributed by atoms with Gasteiger partial charge in [-0.2, -0.15) is 18.2 Å². The minimum absolute atomic E-state index is 0. The zero-order chi connectivity index (χ0) is 58.4. The van der Waals surface area contributed by atoms with E-state index < -0.39 is 0 Å². The van der Waals surface area contributed by atoms with Crippen LogP contribution in [0.3, 0.4) is 0 Å². The van der Waals surface area contributed by atoms with Gasteiger partial charge in [-0.3, -0.25) is 0 Å². The van der Waals surface area contributed by atoms with Crippen LogP contribution in [0.1, 0.15) is 38.5 Å². The smallest absolute Gasteiger partial charge is 0.381 e. The molecule has 0 saturated carbocycles. The maximum atomic E-state index is 5.33. The van der Waals surface area contributed by atoms with Crippen LogP contribution in [0.15, 0.2) is 152 Å². The molecule has 5 saturated heterocycles. The standard InChI is InChI=1S/2C14H10.2C12H24O6.C5H5.3C4H8O.Co.2K/c2*1-2-6-12-10-14-8-4-3-7-13(14)9-11(12)5-1;2*1-2-14-5-6-16-9-10-18-12-11-17-8-7-15-4-3-13-1;4*1-2-4-5-3-1;;;/h2*1-10H;2*1-12H2;1-5H;3*1-4H2;;;/q;;;;-1;;;;;;+1. The zero-order valence-electron chi connectivity index (χ0n) is 52.3. The number of fused-ring (bicyclic) bond motifs is 4. The average molecular weight is 1300 g/mol. The van der Waals surface area contributed by atoms with Gasteiger partial charge in [-0.05, 0) is 106 Å². The van der Waals surface area contributed by atoms with Crippen LogP contribution in [-0.2, 0) is 87.8 Å². The van der Waals surface area contributed by atoms with Gasteiger partial charge in [0.1, 0.15) is 0 Å². The van der Waals surface area contributed by atoms with Crippen LogP contribution in [0.4, 0.5) is 0 Å². The van der Waals surface area contributed by atoms with Crippen molar-refractivity contribution in [2.45, 2.75) is 38.5 Å². The van der Waals surface area contributed by atoms with E-state index in [2.05, 4.69) is 121 Å². The number of hydrogen-bond donors (Lipinski definition) is 0. The molecule has 0 unspecified atom stereocenters. The first-order valence-corrected chi connectivity index (χ1v) is 30.4. The van der Waals surface area contributed by atoms with Gasteiger partial charge in [0.2, 0.25) is 0 Å². The van der Waals surface area contributed by atoms with Gasteiger partial charge >= 0.3 is 51.4 Å². The van der Waals surface area contributed by atoms with Crippen molar-refractivity contribution >= 4 is 94.5 Å². The molecule has 0 aliphatic carbocycles. The zero-order valence-corrected chi connectivity index (χ0v) is 59.6. The first-order chi connectivity index (χ1) is 41.9. The summed E-state index contributed by atoms with van der Waals surface area (Å²) < 4.78 is 78.8. The summed E-state index contributed by atoms with van der Waals surface area (Å²) in [5.41, 5.74) is 0. The van der Waals surface area contributed by atoms with Gasteiger partial charge in [0.15, 0.2) is 0 Å². The van der Waals surface area contributed by atoms with Crippen LogP contribution in [0.5, 0.6) is 0 Å². The Morgan fingerprint density at radius 1 is 0.195 bits per heavy atom. The van der Waals surface area contributed by atoms with Crippen LogP contribution in [0.25, 0.3) is 43.1 Å². The molecule has 5 fully saturated rings. The van der Waals surface area contributed by atoms with E-state index in [4.69, 9.17) is 71.1 Å². The summed E-state index contributed by atoms with van der Waals surface area (Å²) >= 11 is 0. The Morgan fingerprint density at radius 3 is 0.414 bits per heavy atom. The van der Waals surface area contributed by atoms with Crippen molar-refractivity contribution in [3.63, 3.8) is 0 Å². The van der Waals surface area contributed by atoms with Gasteiger partial charge in [-0.15, -0.1) is 0 Å². The van der Waals surface area contributed by atoms with Crippen molar-refractivity contribution in [2.24, 2.45) is 0 Å². The first kappa shape index (κ1) is 82.0. The molecule has 0 spiro atoms. The Morgan fingerprint density at radius 2 is 0.322 bits per heavy atom. The van der Waals surface area contributed by atoms with E-state index in [9.17, 15) is 0 Å². The summed E-state index contributed by atoms with van der Waals surface area (Å²) in [5, 5.41) is 10.5. The summed E-state index contributed by atoms with van der Waals surface area (Å²) in [4.78, 5) is 0. The van der Waals surface area contributed by atoms with E-state index in [1.807, 2.05) is 30.3 Å². The number of rotatable bonds is 0. The molecule has 474 valence electrons. The van der Waals surface area contributed by atoms with Gasteiger partial charge in [0, 0.05) is 108 Å². The quantitative estimate of drug-likeness (QED) is 0.0814. The second-order valence-corrected chi connectivity index (χ2v) is 19.4. The Balaban J connectivity index is 0.000000353. The number of ether oxygens (including phenoxy) is 15. The maximum Gasteiger partial charge on any atom is 1.00 e. The van der Waals surface area contributed by atoms with E-state index in [-0.39, 0.29) is 120 Å². The van der Waals surface area contributed by atoms with Crippen molar-refractivity contribution in [2.75, 3.05) is 198 Å². The monoisotopic (exact) mass is 1300 g/mol. The molecule has 0 atom stereocenters. The third kappa shape index (κ3) is 44.2. The van der Waals surface area contributed by atoms with Crippen LogP contribution < -0.4 is 51.4 Å². The molecule has 0 N–H and O–H groups in total. The van der Waals surface area contributed by atoms with Gasteiger partial charge < -0.3 is 71.1 Å². The topological polar surface area (TPSA) is 138 Å². The molecule has 12 rings (SSSR count). The third-order valence-electron chi connectivity index (χ3n) is 12.7. The fourth-order valence-electron chi connectivity index (χ4n) is 8.26. The van der Waals surface area contributed by atoms with Crippen LogP contribution in [0, 0.1) is 0 Å². The summed E-state index contributed by atoms with van der Waals surface area (Å²) in [5.74, 6) is 0. The Labute approximate surface area is 614 Å². The molecule has 5 heterocycles. The fourth-order valence-corrected chi connectivity index (χ4v) is 8.26. The minimum atomic E-state index is 0. The molecule has 0 bridgehead atoms. The van der Waals surface area contributed by atoms with Crippen molar-refractivity contribution in [3.8, 4) is 0 Å². The Bertz CT molecular complexity index is 1980. The third-order valence-corrected chi connectivity index (χ3v) is 12.7. The van der Waals surface area contributed by atoms with E-state index in [0.717, 1.165) is 39.6 Å². The number of hydrogen-bond acceptors (Lipinski definition) is 15. The summed E-state index contributed by atoms with van der Waals surface area (Å²) in [6.07, 6.45) is 7.67. The molecule has 0 amide bonds. The predicted octanol–water partition coefficient (Wildman–Crippen LogP) is 8.60. The molecule has 18 heteroatoms. The normalized spacial score (nSPS) is 18.0. The van der Waals surface area contributed by atoms with Crippen molar-refractivity contribution < 1.29 is 139 Å². The van der Waals surface area contributed by atoms with E-state index >= 15 is 0 Å². The Kier molecular flexibility index (Phi) is 57.6. The predicted molar refractivity (Wildman–Crippen MR) is 341 cm³/mol. The van der Waals surface area contributed by atoms with Crippen molar-refractivity contribution in [1.29, 1.82) is 0 Å². The number of benzene rings is 6. The maximum absolute atomic E-state index is 5.33. The first-order valence-electron chi connectivity index (χ1n) is 30.4. The van der Waals surface area contributed by atoms with E-state index in [0.29, 0.717) is 159 Å². The second kappa shape index (κ2) is 61.1. The van der Waals surface area contributed by atoms with Crippen LogP contribution in [-0.4, -0.2) is 250 Å². The molecular weight excluding hydrogens is 1210 g/mol. The molecule has 2 radical (unpaired) electrons. The molecule has 0 aromatic heterocycles. The molecule has 7 aromatic carbocycles. The van der Waals surface area contributed by atoms with Crippen molar-refractivity contribution in [3.05, 3.63) is 152 Å². The van der Waals surface area contributed by atoms with E-state index in [1.54, 1.807) is 0 Å². The largest absolute Gasteiger partial charge is 1.00 e. The van der Waals surface area contributed by atoms with E-state index in [1.165, 1.54) is 81.6 Å². The molecular formula is C69H97CoK2O15.